The summed E-state index contributed by atoms with van der Waals surface area (Å²) in [5.74, 6) is 5.48. The third-order valence-electron chi connectivity index (χ3n) is 15.0. The molecule has 0 spiro atoms. The lowest BCUT2D eigenvalue weighted by molar-refractivity contribution is -0.0577. The number of fused-ring (bicyclic) bond motifs is 6. The summed E-state index contributed by atoms with van der Waals surface area (Å²) in [5.41, 5.74) is 5.18. The zero-order valence-corrected chi connectivity index (χ0v) is 35.3. The Bertz CT molecular complexity index is 1910. The molecule has 5 unspecified atom stereocenters. The van der Waals surface area contributed by atoms with Crippen LogP contribution in [0.2, 0.25) is 0 Å². The van der Waals surface area contributed by atoms with Gasteiger partial charge in [-0.2, -0.15) is 0 Å². The zero-order valence-electron chi connectivity index (χ0n) is 35.3. The first-order valence-electron chi connectivity index (χ1n) is 22.2. The summed E-state index contributed by atoms with van der Waals surface area (Å²) in [6.07, 6.45) is 15.8. The van der Waals surface area contributed by atoms with Crippen LogP contribution in [0.1, 0.15) is 119 Å². The van der Waals surface area contributed by atoms with Crippen molar-refractivity contribution in [1.82, 2.24) is 0 Å². The first kappa shape index (κ1) is 40.6. The number of ether oxygens (including phenoxy) is 2. The van der Waals surface area contributed by atoms with E-state index in [1.807, 2.05) is 50.2 Å². The molecule has 0 bridgehead atoms. The Morgan fingerprint density at radius 1 is 0.946 bits per heavy atom. The number of anilines is 2. The molecule has 1 amide bonds. The molecule has 304 valence electrons. The van der Waals surface area contributed by atoms with E-state index in [2.05, 4.69) is 50.9 Å². The second-order valence-corrected chi connectivity index (χ2v) is 18.5. The minimum Gasteiger partial charge on any atom is -0.446 e. The molecule has 1 aromatic heterocycles. The first-order chi connectivity index (χ1) is 27.0. The van der Waals surface area contributed by atoms with E-state index in [-0.39, 0.29) is 16.9 Å². The Hall–Kier alpha value is -3.58. The van der Waals surface area contributed by atoms with Gasteiger partial charge in [0.25, 0.3) is 0 Å². The minimum atomic E-state index is -0.398. The molecule has 2 aromatic carbocycles. The summed E-state index contributed by atoms with van der Waals surface area (Å²) in [6.45, 7) is 19.1. The normalized spacial score (nSPS) is 30.3. The maximum atomic E-state index is 13.2. The Balaban J connectivity index is 0.00000237. The number of nitrogens with one attached hydrogen (secondary N) is 1. The molecule has 3 aromatic rings. The van der Waals surface area contributed by atoms with Gasteiger partial charge in [-0.1, -0.05) is 104 Å². The van der Waals surface area contributed by atoms with Crippen molar-refractivity contribution in [2.75, 3.05) is 36.5 Å². The van der Waals surface area contributed by atoms with Crippen LogP contribution in [0.15, 0.2) is 69.4 Å². The summed E-state index contributed by atoms with van der Waals surface area (Å²) in [5, 5.41) is 3.53. The summed E-state index contributed by atoms with van der Waals surface area (Å²) >= 11 is 0. The fourth-order valence-corrected chi connectivity index (χ4v) is 12.1. The molecule has 4 fully saturated rings. The summed E-state index contributed by atoms with van der Waals surface area (Å²) in [4.78, 5) is 28.4. The number of amides is 1. The summed E-state index contributed by atoms with van der Waals surface area (Å²) in [6, 6.07) is 14.9. The van der Waals surface area contributed by atoms with Crippen LogP contribution in [0, 0.1) is 46.3 Å². The quantitative estimate of drug-likeness (QED) is 0.219. The molecular formula is C49H68N2O5. The van der Waals surface area contributed by atoms with Crippen molar-refractivity contribution in [1.29, 1.82) is 0 Å². The number of nitrogens with zero attached hydrogens (tertiary/aromatic N) is 1. The first-order valence-corrected chi connectivity index (χ1v) is 22.2. The molecule has 7 nitrogen and oxygen atoms in total. The number of para-hydroxylation sites is 1. The van der Waals surface area contributed by atoms with Gasteiger partial charge < -0.3 is 18.8 Å². The van der Waals surface area contributed by atoms with E-state index in [4.69, 9.17) is 13.9 Å². The Labute approximate surface area is 336 Å². The number of hydrogen-bond acceptors (Lipinski definition) is 6. The molecule has 1 aliphatic heterocycles. The predicted molar refractivity (Wildman–Crippen MR) is 229 cm³/mol. The number of allylic oxidation sites excluding steroid dienone is 1. The summed E-state index contributed by atoms with van der Waals surface area (Å²) < 4.78 is 17.9. The van der Waals surface area contributed by atoms with Gasteiger partial charge in [-0.15, -0.1) is 0 Å². The zero-order chi connectivity index (χ0) is 39.6. The van der Waals surface area contributed by atoms with E-state index in [1.54, 1.807) is 12.1 Å². The van der Waals surface area contributed by atoms with Crippen molar-refractivity contribution in [3.63, 3.8) is 0 Å². The third kappa shape index (κ3) is 7.95. The van der Waals surface area contributed by atoms with Gasteiger partial charge in [0.05, 0.1) is 18.6 Å². The molecule has 7 heteroatoms. The van der Waals surface area contributed by atoms with Crippen molar-refractivity contribution in [2.24, 2.45) is 46.3 Å². The van der Waals surface area contributed by atoms with E-state index in [0.29, 0.717) is 54.3 Å². The second-order valence-electron chi connectivity index (χ2n) is 18.5. The average molecular weight is 765 g/mol. The molecule has 8 atom stereocenters. The smallest absolute Gasteiger partial charge is 0.411 e. The number of hydrogen-bond donors (Lipinski definition) is 1. The van der Waals surface area contributed by atoms with E-state index < -0.39 is 6.09 Å². The van der Waals surface area contributed by atoms with Crippen molar-refractivity contribution < 1.29 is 18.7 Å². The number of benzene rings is 2. The SMILES string of the molecule is CC.CC(C)CCC[C@@H](C)C1CC[C@H]2C3CC=C4CC(OC(=O)Nc5ccc(-c6cccc7c(=O)cc(N8CCOCC8)oc67)cc5)CCC4(C)[C@H]3CCC12C. The Morgan fingerprint density at radius 2 is 1.71 bits per heavy atom. The van der Waals surface area contributed by atoms with Gasteiger partial charge in [0.2, 0.25) is 0 Å². The lowest BCUT2D eigenvalue weighted by atomic mass is 9.47. The van der Waals surface area contributed by atoms with Crippen molar-refractivity contribution in [3.05, 3.63) is 70.4 Å². The molecule has 8 rings (SSSR count). The number of carbonyl (C=O) groups is 1. The highest BCUT2D eigenvalue weighted by Gasteiger charge is 2.59. The highest BCUT2D eigenvalue weighted by molar-refractivity contribution is 5.93. The van der Waals surface area contributed by atoms with E-state index in [9.17, 15) is 9.59 Å². The molecule has 4 aliphatic carbocycles. The average Bonchev–Trinajstić information content (AvgIpc) is 3.56. The summed E-state index contributed by atoms with van der Waals surface area (Å²) in [7, 11) is 0. The van der Waals surface area contributed by atoms with Crippen LogP contribution < -0.4 is 15.6 Å². The van der Waals surface area contributed by atoms with Gasteiger partial charge in [-0.3, -0.25) is 10.1 Å². The molecule has 5 aliphatic rings. The fraction of sp³-hybridized carbons (Fsp3) is 0.633. The van der Waals surface area contributed by atoms with Gasteiger partial charge in [-0.05, 0) is 115 Å². The van der Waals surface area contributed by atoms with Gasteiger partial charge in [0.1, 0.15) is 11.7 Å². The lowest BCUT2D eigenvalue weighted by Gasteiger charge is -2.58. The van der Waals surface area contributed by atoms with Gasteiger partial charge in [-0.25, -0.2) is 4.79 Å². The van der Waals surface area contributed by atoms with Crippen LogP contribution in [-0.4, -0.2) is 38.5 Å². The second kappa shape index (κ2) is 17.1. The van der Waals surface area contributed by atoms with E-state index >= 15 is 0 Å². The standard InChI is InChI=1S/C47H62N2O5.C2H6/c1-30(2)8-6-9-31(3)39-18-19-40-37-17-14-33-28-35(20-22-46(33,4)41(37)21-23-47(39,40)5)53-45(51)48-34-15-12-32(13-16-34)36-10-7-11-38-42(50)29-43(54-44(36)38)49-24-26-52-27-25-49;1-2/h7,10-16,29-31,35,37,39-41H,6,8-9,17-28H2,1-5H3,(H,48,51);1-2H3/t31-,35?,37?,39?,40+,41+,46?,47?;/m1./s1. The predicted octanol–water partition coefficient (Wildman–Crippen LogP) is 12.3. The van der Waals surface area contributed by atoms with Gasteiger partial charge in [0.15, 0.2) is 11.3 Å². The van der Waals surface area contributed by atoms with Crippen molar-refractivity contribution >= 4 is 28.6 Å². The van der Waals surface area contributed by atoms with Crippen LogP contribution in [0.4, 0.5) is 16.4 Å². The van der Waals surface area contributed by atoms with Crippen LogP contribution >= 0.6 is 0 Å². The maximum absolute atomic E-state index is 13.2. The van der Waals surface area contributed by atoms with E-state index in [1.165, 1.54) is 56.9 Å². The third-order valence-corrected chi connectivity index (χ3v) is 15.0. The van der Waals surface area contributed by atoms with Gasteiger partial charge in [0, 0.05) is 36.8 Å². The maximum Gasteiger partial charge on any atom is 0.411 e. The molecular weight excluding hydrogens is 697 g/mol. The highest BCUT2D eigenvalue weighted by Crippen LogP contribution is 2.67. The van der Waals surface area contributed by atoms with Crippen LogP contribution in [0.5, 0.6) is 0 Å². The fourth-order valence-electron chi connectivity index (χ4n) is 12.1. The van der Waals surface area contributed by atoms with Crippen molar-refractivity contribution in [2.45, 2.75) is 125 Å². The van der Waals surface area contributed by atoms with Crippen LogP contribution in [0.25, 0.3) is 22.1 Å². The van der Waals surface area contributed by atoms with E-state index in [0.717, 1.165) is 65.9 Å². The number of morpholine rings is 1. The Kier molecular flexibility index (Phi) is 12.4. The van der Waals surface area contributed by atoms with Crippen LogP contribution in [-0.2, 0) is 9.47 Å². The number of rotatable bonds is 9. The highest BCUT2D eigenvalue weighted by atomic mass is 16.6. The molecule has 0 radical (unpaired) electrons. The molecule has 56 heavy (non-hydrogen) atoms. The number of carbonyl (C=O) groups excluding carboxylic acids is 1. The molecule has 1 saturated heterocycles. The largest absolute Gasteiger partial charge is 0.446 e. The molecule has 2 heterocycles. The molecule has 3 saturated carbocycles. The van der Waals surface area contributed by atoms with Crippen molar-refractivity contribution in [3.8, 4) is 11.1 Å². The topological polar surface area (TPSA) is 81.0 Å². The lowest BCUT2D eigenvalue weighted by Crippen LogP contribution is -2.51. The Morgan fingerprint density at radius 3 is 2.46 bits per heavy atom. The molecule has 1 N–H and O–H groups in total. The van der Waals surface area contributed by atoms with Crippen LogP contribution in [0.3, 0.4) is 0 Å². The van der Waals surface area contributed by atoms with Gasteiger partial charge >= 0.3 is 6.09 Å². The monoisotopic (exact) mass is 765 g/mol. The minimum absolute atomic E-state index is 0.0611.